The molecule has 0 aliphatic heterocycles. The fraction of sp³-hybridized carbons (Fsp3) is 0.176. The second-order valence-electron chi connectivity index (χ2n) is 4.99. The minimum Gasteiger partial charge on any atom is -0.493 e. The predicted molar refractivity (Wildman–Crippen MR) is 98.0 cm³/mol. The summed E-state index contributed by atoms with van der Waals surface area (Å²) in [6, 6.07) is 8.75. The zero-order valence-electron chi connectivity index (χ0n) is 13.6. The van der Waals surface area contributed by atoms with Crippen LogP contribution in [0, 0.1) is 9.39 Å². The van der Waals surface area contributed by atoms with Crippen LogP contribution in [0.15, 0.2) is 36.4 Å². The molecule has 0 atom stereocenters. The molecule has 8 heteroatoms. The van der Waals surface area contributed by atoms with Gasteiger partial charge in [-0.3, -0.25) is 20.4 Å². The molecule has 0 heterocycles. The molecule has 2 aromatic carbocycles. The van der Waals surface area contributed by atoms with E-state index in [1.807, 2.05) is 22.6 Å². The average Bonchev–Trinajstić information content (AvgIpc) is 2.61. The van der Waals surface area contributed by atoms with Crippen LogP contribution in [0.2, 0.25) is 0 Å². The molecule has 0 aliphatic rings. The molecule has 0 spiro atoms. The number of halogens is 2. The molecule has 0 saturated heterocycles. The standard InChI is InChI=1S/C17H16FIN2O4/c1-24-14-8-12(13(19)9-15(14)25-2)17(23)21-20-16(22)7-10-3-5-11(18)6-4-10/h3-6,8-9H,7H2,1-2H3,(H,20,22)(H,21,23). The van der Waals surface area contributed by atoms with Crippen LogP contribution in [0.3, 0.4) is 0 Å². The van der Waals surface area contributed by atoms with Crippen LogP contribution in [0.4, 0.5) is 4.39 Å². The number of nitrogens with one attached hydrogen (secondary N) is 2. The van der Waals surface area contributed by atoms with E-state index >= 15 is 0 Å². The van der Waals surface area contributed by atoms with Crippen LogP contribution in [-0.4, -0.2) is 26.0 Å². The van der Waals surface area contributed by atoms with Crippen molar-refractivity contribution in [2.75, 3.05) is 14.2 Å². The Bertz CT molecular complexity index is 781. The Morgan fingerprint density at radius 3 is 2.24 bits per heavy atom. The average molecular weight is 458 g/mol. The fourth-order valence-electron chi connectivity index (χ4n) is 2.05. The van der Waals surface area contributed by atoms with Crippen molar-refractivity contribution in [2.45, 2.75) is 6.42 Å². The summed E-state index contributed by atoms with van der Waals surface area (Å²) in [7, 11) is 2.97. The molecule has 25 heavy (non-hydrogen) atoms. The number of benzene rings is 2. The molecule has 0 aromatic heterocycles. The minimum absolute atomic E-state index is 0.0174. The van der Waals surface area contributed by atoms with Crippen molar-refractivity contribution in [3.05, 3.63) is 56.9 Å². The Kier molecular flexibility index (Phi) is 6.57. The Hall–Kier alpha value is -2.36. The minimum atomic E-state index is -0.488. The van der Waals surface area contributed by atoms with Crippen LogP contribution in [0.25, 0.3) is 0 Å². The summed E-state index contributed by atoms with van der Waals surface area (Å²) < 4.78 is 23.8. The third-order valence-electron chi connectivity index (χ3n) is 3.31. The number of hydrogen-bond acceptors (Lipinski definition) is 4. The summed E-state index contributed by atoms with van der Waals surface area (Å²) in [5.74, 6) is -0.372. The Morgan fingerprint density at radius 1 is 1.04 bits per heavy atom. The molecule has 0 unspecified atom stereocenters. The van der Waals surface area contributed by atoms with Gasteiger partial charge in [-0.05, 0) is 52.4 Å². The van der Waals surface area contributed by atoms with Crippen LogP contribution in [-0.2, 0) is 11.2 Å². The van der Waals surface area contributed by atoms with Crippen LogP contribution in [0.1, 0.15) is 15.9 Å². The van der Waals surface area contributed by atoms with E-state index < -0.39 is 11.8 Å². The van der Waals surface area contributed by atoms with Gasteiger partial charge < -0.3 is 9.47 Å². The van der Waals surface area contributed by atoms with Gasteiger partial charge in [0, 0.05) is 3.57 Å². The SMILES string of the molecule is COc1cc(I)c(C(=O)NNC(=O)Cc2ccc(F)cc2)cc1OC. The molecule has 2 amide bonds. The largest absolute Gasteiger partial charge is 0.493 e. The molecule has 132 valence electrons. The number of hydrazine groups is 1. The van der Waals surface area contributed by atoms with Crippen molar-refractivity contribution < 1.29 is 23.5 Å². The lowest BCUT2D eigenvalue weighted by Crippen LogP contribution is -2.42. The van der Waals surface area contributed by atoms with Gasteiger partial charge in [0.05, 0.1) is 26.2 Å². The maximum atomic E-state index is 12.8. The summed E-state index contributed by atoms with van der Waals surface area (Å²) in [6.45, 7) is 0. The molecule has 0 radical (unpaired) electrons. The highest BCUT2D eigenvalue weighted by Crippen LogP contribution is 2.31. The van der Waals surface area contributed by atoms with Gasteiger partial charge in [-0.15, -0.1) is 0 Å². The van der Waals surface area contributed by atoms with Crippen molar-refractivity contribution in [3.8, 4) is 11.5 Å². The number of hydrogen-bond donors (Lipinski definition) is 2. The number of carbonyl (C=O) groups is 2. The van der Waals surface area contributed by atoms with E-state index in [0.29, 0.717) is 26.2 Å². The molecule has 6 nitrogen and oxygen atoms in total. The first-order chi connectivity index (χ1) is 11.9. The van der Waals surface area contributed by atoms with Crippen molar-refractivity contribution in [3.63, 3.8) is 0 Å². The number of amides is 2. The molecule has 2 aromatic rings. The number of carbonyl (C=O) groups excluding carboxylic acids is 2. The molecule has 2 N–H and O–H groups in total. The van der Waals surface area contributed by atoms with Gasteiger partial charge in [0.15, 0.2) is 11.5 Å². The molecule has 0 saturated carbocycles. The monoisotopic (exact) mass is 458 g/mol. The molecular weight excluding hydrogens is 442 g/mol. The van der Waals surface area contributed by atoms with E-state index in [0.717, 1.165) is 0 Å². The molecule has 0 aliphatic carbocycles. The molecule has 0 fully saturated rings. The molecular formula is C17H16FIN2O4. The number of methoxy groups -OCH3 is 2. The highest BCUT2D eigenvalue weighted by molar-refractivity contribution is 14.1. The molecule has 2 rings (SSSR count). The fourth-order valence-corrected chi connectivity index (χ4v) is 2.74. The van der Waals surface area contributed by atoms with Gasteiger partial charge >= 0.3 is 0 Å². The van der Waals surface area contributed by atoms with Gasteiger partial charge in [0.1, 0.15) is 5.82 Å². The maximum absolute atomic E-state index is 12.8. The lowest BCUT2D eigenvalue weighted by molar-refractivity contribution is -0.121. The van der Waals surface area contributed by atoms with E-state index in [-0.39, 0.29) is 12.2 Å². The summed E-state index contributed by atoms with van der Waals surface area (Å²) in [6.07, 6.45) is 0.0174. The van der Waals surface area contributed by atoms with Gasteiger partial charge in [0.25, 0.3) is 5.91 Å². The van der Waals surface area contributed by atoms with E-state index in [1.54, 1.807) is 6.07 Å². The van der Waals surface area contributed by atoms with Crippen LogP contribution in [0.5, 0.6) is 11.5 Å². The quantitative estimate of drug-likeness (QED) is 0.534. The first-order valence-corrected chi connectivity index (χ1v) is 8.27. The van der Waals surface area contributed by atoms with Gasteiger partial charge in [-0.1, -0.05) is 12.1 Å². The Labute approximate surface area is 157 Å². The predicted octanol–water partition coefficient (Wildman–Crippen LogP) is 2.45. The van der Waals surface area contributed by atoms with Crippen molar-refractivity contribution in [2.24, 2.45) is 0 Å². The highest BCUT2D eigenvalue weighted by Gasteiger charge is 2.16. The zero-order chi connectivity index (χ0) is 18.4. The van der Waals surface area contributed by atoms with E-state index in [9.17, 15) is 14.0 Å². The number of ether oxygens (including phenoxy) is 2. The third-order valence-corrected chi connectivity index (χ3v) is 4.20. The van der Waals surface area contributed by atoms with Crippen molar-refractivity contribution in [1.29, 1.82) is 0 Å². The normalized spacial score (nSPS) is 10.1. The lowest BCUT2D eigenvalue weighted by atomic mass is 10.1. The topological polar surface area (TPSA) is 76.7 Å². The van der Waals surface area contributed by atoms with Crippen molar-refractivity contribution >= 4 is 34.4 Å². The Morgan fingerprint density at radius 2 is 1.64 bits per heavy atom. The van der Waals surface area contributed by atoms with Crippen LogP contribution >= 0.6 is 22.6 Å². The van der Waals surface area contributed by atoms with Gasteiger partial charge in [-0.2, -0.15) is 0 Å². The van der Waals surface area contributed by atoms with Gasteiger partial charge in [-0.25, -0.2) is 4.39 Å². The lowest BCUT2D eigenvalue weighted by Gasteiger charge is -2.12. The molecule has 0 bridgehead atoms. The zero-order valence-corrected chi connectivity index (χ0v) is 15.7. The first kappa shape index (κ1) is 19.0. The maximum Gasteiger partial charge on any atom is 0.270 e. The highest BCUT2D eigenvalue weighted by atomic mass is 127. The second kappa shape index (κ2) is 8.65. The third kappa shape index (κ3) is 5.05. The smallest absolute Gasteiger partial charge is 0.270 e. The summed E-state index contributed by atoms with van der Waals surface area (Å²) in [5.41, 5.74) is 5.64. The summed E-state index contributed by atoms with van der Waals surface area (Å²) in [4.78, 5) is 24.1. The van der Waals surface area contributed by atoms with E-state index in [4.69, 9.17) is 9.47 Å². The summed E-state index contributed by atoms with van der Waals surface area (Å²) in [5, 5.41) is 0. The van der Waals surface area contributed by atoms with E-state index in [1.165, 1.54) is 44.6 Å². The number of rotatable bonds is 5. The van der Waals surface area contributed by atoms with E-state index in [2.05, 4.69) is 10.9 Å². The van der Waals surface area contributed by atoms with Crippen LogP contribution < -0.4 is 20.3 Å². The second-order valence-corrected chi connectivity index (χ2v) is 6.15. The first-order valence-electron chi connectivity index (χ1n) is 7.19. The Balaban J connectivity index is 2.00. The summed E-state index contributed by atoms with van der Waals surface area (Å²) >= 11 is 1.99. The van der Waals surface area contributed by atoms with Crippen molar-refractivity contribution in [1.82, 2.24) is 10.9 Å². The van der Waals surface area contributed by atoms with Gasteiger partial charge in [0.2, 0.25) is 5.91 Å².